The van der Waals surface area contributed by atoms with E-state index in [1.165, 1.54) is 102 Å². The third-order valence-electron chi connectivity index (χ3n) is 26.0. The van der Waals surface area contributed by atoms with Gasteiger partial charge in [0.15, 0.2) is 29.1 Å². The number of benzene rings is 5. The Bertz CT molecular complexity index is 8520. The van der Waals surface area contributed by atoms with Crippen LogP contribution in [0.5, 0.6) is 0 Å². The van der Waals surface area contributed by atoms with Crippen LogP contribution in [0.3, 0.4) is 0 Å². The fourth-order valence-corrected chi connectivity index (χ4v) is 25.3. The average molecular weight is 2190 g/mol. The van der Waals surface area contributed by atoms with Gasteiger partial charge in [0.05, 0.1) is 81.2 Å². The quantitative estimate of drug-likeness (QED) is 0.0473. The van der Waals surface area contributed by atoms with E-state index < -0.39 is 0 Å². The Labute approximate surface area is 909 Å². The van der Waals surface area contributed by atoms with Crippen molar-refractivity contribution in [1.82, 2.24) is 129 Å². The summed E-state index contributed by atoms with van der Waals surface area (Å²) in [6.45, 7) is 0.648. The van der Waals surface area contributed by atoms with Gasteiger partial charge in [-0.2, -0.15) is 25.5 Å². The number of nitrogens with two attached hydrogens (primary N) is 5. The van der Waals surface area contributed by atoms with Gasteiger partial charge >= 0.3 is 0 Å². The maximum atomic E-state index is 12.0. The Hall–Kier alpha value is -13.7. The molecule has 5 fully saturated rings. The van der Waals surface area contributed by atoms with Gasteiger partial charge in [0, 0.05) is 198 Å². The molecule has 5 aliphatic rings. The highest BCUT2D eigenvalue weighted by Gasteiger charge is 2.34. The van der Waals surface area contributed by atoms with Crippen LogP contribution in [0.25, 0.3) is 168 Å². The second-order valence-corrected chi connectivity index (χ2v) is 45.7. The molecule has 15 aromatic heterocycles. The van der Waals surface area contributed by atoms with Crippen LogP contribution in [-0.4, -0.2) is 174 Å². The van der Waals surface area contributed by atoms with Crippen LogP contribution in [0.4, 0.5) is 29.1 Å². The molecule has 16 heterocycles. The van der Waals surface area contributed by atoms with Crippen molar-refractivity contribution in [3.63, 3.8) is 0 Å². The van der Waals surface area contributed by atoms with Crippen molar-refractivity contribution >= 4 is 206 Å². The van der Waals surface area contributed by atoms with Gasteiger partial charge in [0.25, 0.3) is 0 Å². The first-order valence-electron chi connectivity index (χ1n) is 48.9. The van der Waals surface area contributed by atoms with Gasteiger partial charge in [-0.3, -0.25) is 53.1 Å². The number of pyridine rings is 5. The highest BCUT2D eigenvalue weighted by Crippen LogP contribution is 2.49. The second-order valence-electron chi connectivity index (χ2n) is 37.2. The summed E-state index contributed by atoms with van der Waals surface area (Å²) >= 11 is 41.1. The number of anilines is 5. The molecule has 10 N–H and O–H groups in total. The van der Waals surface area contributed by atoms with Gasteiger partial charge < -0.3 is 33.6 Å². The molecule has 150 heavy (non-hydrogen) atoms. The van der Waals surface area contributed by atoms with Crippen molar-refractivity contribution < 1.29 is 4.79 Å². The largest absolute Gasteiger partial charge is 0.381 e. The SMILES string of the molecule is CN1CC(Sc2nc(-c3cc(Cl)c4ncccc4c3)c(-c3ccn(C)n3)nc2N)CC1=O.Cn1ccc(-c2nc(N)c(SC3CC3)nc2-c2cc(Cl)c3ncccc3c2)n1.Cn1ccc(-c2nc(N)c(SC3CCC3)nc2-c2cc(Cl)c3ncccc3c2)n1.Cn1ccc(-c2nc(N)c(SC3CCCC3)nc2-c2cc(Cl)c3ncccc3c2)n1.Cn1ccc(-c2nc(N)c(SC3CCCCC3)nc2-c2cc(Cl)c3ncccc3c2)n1. The fraction of sp³-hybridized carbons (Fsp3) is 0.250. The van der Waals surface area contributed by atoms with Crippen LogP contribution >= 0.6 is 117 Å². The van der Waals surface area contributed by atoms with Gasteiger partial charge in [-0.05, 0) is 173 Å². The number of aromatic nitrogens is 25. The molecule has 20 aromatic rings. The lowest BCUT2D eigenvalue weighted by Gasteiger charge is -2.24. The van der Waals surface area contributed by atoms with E-state index in [0.29, 0.717) is 133 Å². The fourth-order valence-electron chi connectivity index (χ4n) is 18.2. The molecular formula is C108H100Cl5N31OS5. The Kier molecular flexibility index (Phi) is 30.5. The van der Waals surface area contributed by atoms with Gasteiger partial charge in [-0.1, -0.05) is 186 Å². The first-order valence-corrected chi connectivity index (χ1v) is 55.2. The predicted molar refractivity (Wildman–Crippen MR) is 607 cm³/mol. The maximum Gasteiger partial charge on any atom is 0.223 e. The summed E-state index contributed by atoms with van der Waals surface area (Å²) in [7, 11) is 11.2. The summed E-state index contributed by atoms with van der Waals surface area (Å²) < 4.78 is 8.68. The van der Waals surface area contributed by atoms with E-state index in [2.05, 4.69) is 66.4 Å². The monoisotopic (exact) mass is 2180 g/mol. The molecule has 4 saturated carbocycles. The van der Waals surface area contributed by atoms with Gasteiger partial charge in [-0.25, -0.2) is 49.8 Å². The van der Waals surface area contributed by atoms with Crippen LogP contribution in [0.1, 0.15) is 96.3 Å². The minimum Gasteiger partial charge on any atom is -0.381 e. The Morgan fingerprint density at radius 3 is 0.687 bits per heavy atom. The van der Waals surface area contributed by atoms with Gasteiger partial charge in [-0.15, -0.1) is 0 Å². The standard InChI is InChI=1S/C23H23ClN6S.C22H20ClN7OS.C22H21ClN6S.C21H19ClN6S.C20H17ClN6S/c1-30-11-9-18(29-30)21-20(15-12-14-6-5-10-26-19(14)17(24)13-15)28-23(22(25)27-21)31-16-7-3-2-4-8-16;1-29-11-14(10-17(29)31)32-22-21(24)26-20(16-5-7-30(2)28-16)19(27-22)13-8-12-4-3-6-25-18(12)15(23)9-13;1-29-10-8-17(28-29)20-19(14-11-13-5-4-9-25-18(13)16(23)12-14)27-22(21(24)26-20)30-15-6-2-3-7-15;1-28-9-7-16(27-28)19-18(26-21(20(23)25-19)29-14-5-2-6-14)13-10-12-4-3-8-24-17(12)15(22)11-13;1-27-8-6-15(26-27)18-17(25-20(19(22)24-18)28-13-4-5-13)12-9-11-3-2-7-23-16(11)14(21)10-12/h5-6,9-13,16H,2-4,7-8H2,1H3,(H2,25,27);3-9,14H,10-11H2,1-2H3,(H2,24,26);4-5,8-12,15H,2-3,6-7H2,1H3,(H2,24,26);3-4,7-11,14H,2,5-6H2,1H3,(H2,23,25);2-3,6-10,13H,4-5H2,1H3,(H2,22,24). The molecule has 0 spiro atoms. The second kappa shape index (κ2) is 44.8. The highest BCUT2D eigenvalue weighted by atomic mass is 35.5. The van der Waals surface area contributed by atoms with Crippen molar-refractivity contribution in [2.24, 2.45) is 35.2 Å². The Morgan fingerprint density at radius 1 is 0.267 bits per heavy atom. The Morgan fingerprint density at radius 2 is 0.487 bits per heavy atom. The smallest absolute Gasteiger partial charge is 0.223 e. The third kappa shape index (κ3) is 23.0. The van der Waals surface area contributed by atoms with Gasteiger partial charge in [0.2, 0.25) is 5.91 Å². The van der Waals surface area contributed by atoms with Crippen LogP contribution in [0.15, 0.2) is 239 Å². The minimum absolute atomic E-state index is 0.0713. The Balaban J connectivity index is 0.000000110. The lowest BCUT2D eigenvalue weighted by molar-refractivity contribution is -0.126. The van der Waals surface area contributed by atoms with Crippen molar-refractivity contribution in [2.45, 2.75) is 148 Å². The molecule has 42 heteroatoms. The maximum absolute atomic E-state index is 12.0. The number of amides is 1. The molecule has 758 valence electrons. The van der Waals surface area contributed by atoms with Gasteiger partial charge in [0.1, 0.15) is 82.1 Å². The molecule has 1 saturated heterocycles. The zero-order chi connectivity index (χ0) is 104. The number of aryl methyl sites for hydroxylation is 5. The van der Waals surface area contributed by atoms with E-state index >= 15 is 0 Å². The first-order chi connectivity index (χ1) is 72.7. The number of carbonyl (C=O) groups is 1. The number of hydrogen-bond acceptors (Lipinski definition) is 31. The lowest BCUT2D eigenvalue weighted by atomic mass is 10.0. The van der Waals surface area contributed by atoms with Crippen LogP contribution in [-0.2, 0) is 40.0 Å². The molecule has 1 unspecified atom stereocenters. The molecule has 25 rings (SSSR count). The molecule has 1 amide bonds. The molecule has 32 nitrogen and oxygen atoms in total. The van der Waals surface area contributed by atoms with Crippen LogP contribution < -0.4 is 28.7 Å². The van der Waals surface area contributed by atoms with E-state index in [4.69, 9.17) is 127 Å². The minimum atomic E-state index is 0.0713. The number of hydrogen-bond donors (Lipinski definition) is 5. The zero-order valence-electron chi connectivity index (χ0n) is 82.3. The van der Waals surface area contributed by atoms with Crippen molar-refractivity contribution in [3.8, 4) is 113 Å². The van der Waals surface area contributed by atoms with Crippen molar-refractivity contribution in [1.29, 1.82) is 0 Å². The van der Waals surface area contributed by atoms with Crippen molar-refractivity contribution in [3.05, 3.63) is 239 Å². The molecule has 0 radical (unpaired) electrons. The van der Waals surface area contributed by atoms with E-state index in [-0.39, 0.29) is 11.2 Å². The summed E-state index contributed by atoms with van der Waals surface area (Å²) in [6.07, 6.45) is 35.6. The number of halogens is 5. The van der Waals surface area contributed by atoms with E-state index in [1.54, 1.807) is 113 Å². The lowest BCUT2D eigenvalue weighted by Crippen LogP contribution is -2.19. The number of likely N-dealkylation sites (tertiary alicyclic amines) is 1. The normalized spacial score (nSPS) is 14.8. The summed E-state index contributed by atoms with van der Waals surface area (Å²) in [5.41, 5.74) is 50.0. The predicted octanol–water partition coefficient (Wildman–Crippen LogP) is 24.3. The van der Waals surface area contributed by atoms with Crippen LogP contribution in [0.2, 0.25) is 25.1 Å². The first kappa shape index (κ1) is 102. The summed E-state index contributed by atoms with van der Waals surface area (Å²) in [5.74, 6) is 2.22. The number of nitrogens with zero attached hydrogens (tertiary/aromatic N) is 26. The molecule has 1 atom stereocenters. The summed E-state index contributed by atoms with van der Waals surface area (Å²) in [5, 5.41) is 36.1. The number of carbonyl (C=O) groups excluding carboxylic acids is 1. The third-order valence-corrected chi connectivity index (χ3v) is 33.9. The van der Waals surface area contributed by atoms with E-state index in [9.17, 15) is 4.79 Å². The molecular weight excluding hydrogens is 2090 g/mol. The highest BCUT2D eigenvalue weighted by molar-refractivity contribution is 8.01. The number of fused-ring (bicyclic) bond motifs is 5. The molecule has 5 aromatic carbocycles. The summed E-state index contributed by atoms with van der Waals surface area (Å²) in [4.78, 5) is 84.0. The van der Waals surface area contributed by atoms with E-state index in [0.717, 1.165) is 148 Å². The molecule has 0 bridgehead atoms. The molecule has 1 aliphatic heterocycles. The number of rotatable bonds is 20. The number of thioether (sulfide) groups is 5. The summed E-state index contributed by atoms with van der Waals surface area (Å²) in [6, 6.07) is 48.5. The topological polar surface area (TPSA) is 433 Å². The average Bonchev–Trinajstić information content (AvgIpc) is 1.36. The number of nitrogen functional groups attached to an aromatic ring is 5. The van der Waals surface area contributed by atoms with E-state index in [1.807, 2.05) is 212 Å². The van der Waals surface area contributed by atoms with Crippen LogP contribution in [0, 0.1) is 0 Å². The molecule has 4 aliphatic carbocycles. The zero-order valence-corrected chi connectivity index (χ0v) is 90.1. The van der Waals surface area contributed by atoms with Crippen molar-refractivity contribution in [2.75, 3.05) is 42.3 Å².